The van der Waals surface area contributed by atoms with Crippen molar-refractivity contribution >= 4 is 23.2 Å². The summed E-state index contributed by atoms with van der Waals surface area (Å²) in [5.74, 6) is 0. The molecule has 2 rings (SSSR count). The van der Waals surface area contributed by atoms with Crippen LogP contribution in [0.4, 0.5) is 0 Å². The highest BCUT2D eigenvalue weighted by atomic mass is 35.5. The molecule has 0 aliphatic rings. The molecule has 0 bridgehead atoms. The smallest absolute Gasteiger partial charge is 0.0408 e. The van der Waals surface area contributed by atoms with E-state index >= 15 is 0 Å². The van der Waals surface area contributed by atoms with Crippen LogP contribution in [-0.2, 0) is 12.8 Å². The zero-order valence-electron chi connectivity index (χ0n) is 10.9. The Labute approximate surface area is 124 Å². The Bertz CT molecular complexity index is 523. The molecule has 0 aliphatic carbocycles. The Balaban J connectivity index is 2.02. The zero-order chi connectivity index (χ0) is 13.7. The van der Waals surface area contributed by atoms with Crippen molar-refractivity contribution in [2.75, 3.05) is 7.05 Å². The summed E-state index contributed by atoms with van der Waals surface area (Å²) in [4.78, 5) is 0. The molecule has 1 atom stereocenters. The Morgan fingerprint density at radius 1 is 0.895 bits per heavy atom. The molecular weight excluding hydrogens is 277 g/mol. The third-order valence-electron chi connectivity index (χ3n) is 3.17. The number of rotatable bonds is 5. The molecule has 0 aliphatic heterocycles. The molecule has 2 aromatic rings. The van der Waals surface area contributed by atoms with Gasteiger partial charge in [0.25, 0.3) is 0 Å². The van der Waals surface area contributed by atoms with Crippen LogP contribution >= 0.6 is 23.2 Å². The molecule has 0 fully saturated rings. The molecule has 0 aromatic heterocycles. The summed E-state index contributed by atoms with van der Waals surface area (Å²) < 4.78 is 0. The van der Waals surface area contributed by atoms with Crippen LogP contribution in [0.3, 0.4) is 0 Å². The molecule has 0 saturated heterocycles. The van der Waals surface area contributed by atoms with Crippen molar-refractivity contribution in [1.29, 1.82) is 0 Å². The Morgan fingerprint density at radius 2 is 1.58 bits per heavy atom. The van der Waals surface area contributed by atoms with Crippen LogP contribution in [0.25, 0.3) is 0 Å². The minimum absolute atomic E-state index is 0.389. The minimum Gasteiger partial charge on any atom is -0.316 e. The first-order chi connectivity index (χ1) is 9.17. The second-order valence-electron chi connectivity index (χ2n) is 4.65. The van der Waals surface area contributed by atoms with Gasteiger partial charge in [-0.05, 0) is 55.3 Å². The number of benzene rings is 2. The van der Waals surface area contributed by atoms with Crippen molar-refractivity contribution in [2.45, 2.75) is 18.9 Å². The van der Waals surface area contributed by atoms with Gasteiger partial charge >= 0.3 is 0 Å². The Kier molecular flexibility index (Phi) is 5.26. The van der Waals surface area contributed by atoms with E-state index in [2.05, 4.69) is 23.5 Å². The fraction of sp³-hybridized carbons (Fsp3) is 0.250. The van der Waals surface area contributed by atoms with Gasteiger partial charge in [-0.25, -0.2) is 0 Å². The Morgan fingerprint density at radius 3 is 2.21 bits per heavy atom. The number of halogens is 2. The van der Waals surface area contributed by atoms with E-state index in [1.54, 1.807) is 0 Å². The van der Waals surface area contributed by atoms with Crippen molar-refractivity contribution in [3.05, 3.63) is 69.7 Å². The van der Waals surface area contributed by atoms with E-state index in [1.165, 1.54) is 11.1 Å². The lowest BCUT2D eigenvalue weighted by atomic mass is 9.99. The molecule has 19 heavy (non-hydrogen) atoms. The Hall–Kier alpha value is -1.02. The maximum atomic E-state index is 6.01. The molecule has 1 nitrogen and oxygen atoms in total. The first-order valence-electron chi connectivity index (χ1n) is 6.33. The van der Waals surface area contributed by atoms with E-state index in [-0.39, 0.29) is 0 Å². The summed E-state index contributed by atoms with van der Waals surface area (Å²) in [6, 6.07) is 16.4. The maximum absolute atomic E-state index is 6.01. The summed E-state index contributed by atoms with van der Waals surface area (Å²) in [5, 5.41) is 4.93. The molecule has 0 heterocycles. The molecule has 0 saturated carbocycles. The number of likely N-dealkylation sites (N-methyl/N-ethyl adjacent to an activating group) is 1. The van der Waals surface area contributed by atoms with Crippen LogP contribution in [-0.4, -0.2) is 13.1 Å². The van der Waals surface area contributed by atoms with Gasteiger partial charge in [-0.15, -0.1) is 0 Å². The highest BCUT2D eigenvalue weighted by Gasteiger charge is 2.08. The molecule has 3 heteroatoms. The average molecular weight is 294 g/mol. The van der Waals surface area contributed by atoms with Gasteiger partial charge < -0.3 is 5.32 Å². The summed E-state index contributed by atoms with van der Waals surface area (Å²) in [6.45, 7) is 0. The normalized spacial score (nSPS) is 12.4. The SMILES string of the molecule is CNC(Cc1ccc(Cl)cc1)Cc1cccc(Cl)c1. The summed E-state index contributed by atoms with van der Waals surface area (Å²) in [7, 11) is 1.99. The van der Waals surface area contributed by atoms with Gasteiger partial charge in [-0.1, -0.05) is 47.5 Å². The van der Waals surface area contributed by atoms with Gasteiger partial charge in [-0.2, -0.15) is 0 Å². The highest BCUT2D eigenvalue weighted by molar-refractivity contribution is 6.30. The first kappa shape index (κ1) is 14.4. The first-order valence-corrected chi connectivity index (χ1v) is 7.09. The molecule has 0 radical (unpaired) electrons. The van der Waals surface area contributed by atoms with Crippen molar-refractivity contribution in [3.63, 3.8) is 0 Å². The minimum atomic E-state index is 0.389. The topological polar surface area (TPSA) is 12.0 Å². The molecular formula is C16H17Cl2N. The average Bonchev–Trinajstić information content (AvgIpc) is 2.40. The van der Waals surface area contributed by atoms with Crippen LogP contribution in [0.5, 0.6) is 0 Å². The summed E-state index contributed by atoms with van der Waals surface area (Å²) in [6.07, 6.45) is 1.93. The lowest BCUT2D eigenvalue weighted by Crippen LogP contribution is -2.29. The maximum Gasteiger partial charge on any atom is 0.0408 e. The van der Waals surface area contributed by atoms with Crippen molar-refractivity contribution in [3.8, 4) is 0 Å². The molecule has 0 spiro atoms. The van der Waals surface area contributed by atoms with Gasteiger partial charge in [-0.3, -0.25) is 0 Å². The van der Waals surface area contributed by atoms with Crippen LogP contribution < -0.4 is 5.32 Å². The molecule has 1 unspecified atom stereocenters. The van der Waals surface area contributed by atoms with Gasteiger partial charge in [0.1, 0.15) is 0 Å². The zero-order valence-corrected chi connectivity index (χ0v) is 12.4. The van der Waals surface area contributed by atoms with E-state index in [0.717, 1.165) is 22.9 Å². The van der Waals surface area contributed by atoms with Gasteiger partial charge in [0.15, 0.2) is 0 Å². The molecule has 2 aromatic carbocycles. The van der Waals surface area contributed by atoms with E-state index in [9.17, 15) is 0 Å². The van der Waals surface area contributed by atoms with Gasteiger partial charge in [0, 0.05) is 16.1 Å². The van der Waals surface area contributed by atoms with Crippen LogP contribution in [0, 0.1) is 0 Å². The van der Waals surface area contributed by atoms with E-state index in [0.29, 0.717) is 6.04 Å². The monoisotopic (exact) mass is 293 g/mol. The van der Waals surface area contributed by atoms with Crippen LogP contribution in [0.15, 0.2) is 48.5 Å². The largest absolute Gasteiger partial charge is 0.316 e. The number of hydrogen-bond donors (Lipinski definition) is 1. The lowest BCUT2D eigenvalue weighted by Gasteiger charge is -2.16. The lowest BCUT2D eigenvalue weighted by molar-refractivity contribution is 0.556. The molecule has 0 amide bonds. The highest BCUT2D eigenvalue weighted by Crippen LogP contribution is 2.15. The van der Waals surface area contributed by atoms with E-state index in [1.807, 2.05) is 37.4 Å². The number of hydrogen-bond acceptors (Lipinski definition) is 1. The summed E-state index contributed by atoms with van der Waals surface area (Å²) >= 11 is 11.9. The predicted octanol–water partition coefficient (Wildman–Crippen LogP) is 4.37. The fourth-order valence-corrected chi connectivity index (χ4v) is 2.47. The van der Waals surface area contributed by atoms with Crippen molar-refractivity contribution < 1.29 is 0 Å². The quantitative estimate of drug-likeness (QED) is 0.863. The van der Waals surface area contributed by atoms with E-state index < -0.39 is 0 Å². The second kappa shape index (κ2) is 6.95. The summed E-state index contributed by atoms with van der Waals surface area (Å²) in [5.41, 5.74) is 2.53. The van der Waals surface area contributed by atoms with Crippen molar-refractivity contribution in [1.82, 2.24) is 5.32 Å². The van der Waals surface area contributed by atoms with Gasteiger partial charge in [0.2, 0.25) is 0 Å². The third-order valence-corrected chi connectivity index (χ3v) is 3.66. The predicted molar refractivity (Wildman–Crippen MR) is 83.2 cm³/mol. The van der Waals surface area contributed by atoms with E-state index in [4.69, 9.17) is 23.2 Å². The van der Waals surface area contributed by atoms with Crippen LogP contribution in [0.1, 0.15) is 11.1 Å². The molecule has 100 valence electrons. The van der Waals surface area contributed by atoms with Crippen molar-refractivity contribution in [2.24, 2.45) is 0 Å². The van der Waals surface area contributed by atoms with Crippen LogP contribution in [0.2, 0.25) is 10.0 Å². The standard InChI is InChI=1S/C16H17Cl2N/c1-19-16(10-12-5-7-14(17)8-6-12)11-13-3-2-4-15(18)9-13/h2-9,16,19H,10-11H2,1H3. The molecule has 1 N–H and O–H groups in total. The number of nitrogens with one attached hydrogen (secondary N) is 1. The second-order valence-corrected chi connectivity index (χ2v) is 5.52. The fourth-order valence-electron chi connectivity index (χ4n) is 2.13. The van der Waals surface area contributed by atoms with Gasteiger partial charge in [0.05, 0.1) is 0 Å². The third kappa shape index (κ3) is 4.54.